The van der Waals surface area contributed by atoms with E-state index in [4.69, 9.17) is 52.1 Å². The number of imide groups is 2. The van der Waals surface area contributed by atoms with Crippen LogP contribution in [-0.2, 0) is 105 Å². The van der Waals surface area contributed by atoms with Crippen LogP contribution in [0.1, 0.15) is 108 Å². The number of halogens is 3. The molecule has 24 nitrogen and oxygen atoms in total. The molecule has 83 heavy (non-hydrogen) atoms. The molecule has 4 amide bonds. The summed E-state index contributed by atoms with van der Waals surface area (Å²) in [6, 6.07) is 0. The number of carbonyl (C=O) groups excluding carboxylic acids is 11. The molecule has 0 aromatic carbocycles. The van der Waals surface area contributed by atoms with E-state index < -0.39 is 88.7 Å². The molecule has 2 fully saturated rings. The molecule has 0 N–H and O–H groups in total. The SMILES string of the molecule is CCCCOC(=O)C(C)(C)CC(C)(Br)C(=O)OCCOC.COCCOC(=O)C(C)(Br)CC(C)(C)C(=O)OCCN1C(=O)[C@@H]2[C@H](C1=O)[C@H]1C=C[C@@H]2O1.COCCOC(=O)C(C)(Br)CC(C)(C)C(=O)OCCOC(=O)CCN1C(=O)C=CC1=O. The van der Waals surface area contributed by atoms with Crippen molar-refractivity contribution < 1.29 is 105 Å². The second-order valence-electron chi connectivity index (χ2n) is 22.4. The van der Waals surface area contributed by atoms with Gasteiger partial charge in [-0.1, -0.05) is 73.3 Å². The molecule has 0 saturated carbocycles. The highest BCUT2D eigenvalue weighted by Crippen LogP contribution is 2.45. The van der Waals surface area contributed by atoms with Crippen LogP contribution in [-0.4, -0.2) is 201 Å². The van der Waals surface area contributed by atoms with Gasteiger partial charge in [0.2, 0.25) is 11.8 Å². The number of fused-ring (bicyclic) bond motifs is 5. The molecule has 0 aromatic heterocycles. The van der Waals surface area contributed by atoms with Crippen LogP contribution >= 0.6 is 47.8 Å². The lowest BCUT2D eigenvalue weighted by Gasteiger charge is -2.30. The van der Waals surface area contributed by atoms with Crippen LogP contribution in [0.15, 0.2) is 24.3 Å². The first-order valence-corrected chi connectivity index (χ1v) is 29.4. The molecule has 2 saturated heterocycles. The summed E-state index contributed by atoms with van der Waals surface area (Å²) >= 11 is 10.0. The Morgan fingerprint density at radius 2 is 0.783 bits per heavy atom. The Kier molecular flexibility index (Phi) is 30.4. The van der Waals surface area contributed by atoms with Gasteiger partial charge in [-0.05, 0) is 88.0 Å². The zero-order chi connectivity index (χ0) is 63.1. The maximum absolute atomic E-state index is 12.6. The zero-order valence-electron chi connectivity index (χ0n) is 49.9. The Hall–Kier alpha value is -4.67. The van der Waals surface area contributed by atoms with E-state index in [1.807, 2.05) is 19.1 Å². The van der Waals surface area contributed by atoms with E-state index in [1.54, 1.807) is 62.3 Å². The van der Waals surface area contributed by atoms with Crippen molar-refractivity contribution in [3.63, 3.8) is 0 Å². The highest BCUT2D eigenvalue weighted by Gasteiger charge is 2.60. The average molecular weight is 1380 g/mol. The molecule has 0 aromatic rings. The molecule has 4 aliphatic heterocycles. The van der Waals surface area contributed by atoms with E-state index in [-0.39, 0.29) is 122 Å². The van der Waals surface area contributed by atoms with E-state index >= 15 is 0 Å². The number of ether oxygens (including phenoxy) is 11. The van der Waals surface area contributed by atoms with Crippen molar-refractivity contribution in [3.8, 4) is 0 Å². The molecule has 470 valence electrons. The molecule has 3 unspecified atom stereocenters. The van der Waals surface area contributed by atoms with Crippen molar-refractivity contribution in [3.05, 3.63) is 24.3 Å². The predicted molar refractivity (Wildman–Crippen MR) is 306 cm³/mol. The van der Waals surface area contributed by atoms with Gasteiger partial charge >= 0.3 is 41.8 Å². The first-order valence-electron chi connectivity index (χ1n) is 27.0. The molecule has 2 bridgehead atoms. The van der Waals surface area contributed by atoms with Crippen molar-refractivity contribution in [2.45, 2.75) is 133 Å². The van der Waals surface area contributed by atoms with Crippen molar-refractivity contribution in [1.82, 2.24) is 9.80 Å². The van der Waals surface area contributed by atoms with Gasteiger partial charge in [-0.3, -0.25) is 62.5 Å². The number of methoxy groups -OCH3 is 3. The number of nitrogens with zero attached hydrogens (tertiary/aromatic N) is 2. The molecule has 4 heterocycles. The van der Waals surface area contributed by atoms with Crippen molar-refractivity contribution in [2.24, 2.45) is 28.1 Å². The molecule has 4 aliphatic rings. The molecule has 0 aliphatic carbocycles. The quantitative estimate of drug-likeness (QED) is 0.0197. The highest BCUT2D eigenvalue weighted by molar-refractivity contribution is 9.10. The molecule has 4 rings (SSSR count). The molecular weight excluding hydrogens is 1290 g/mol. The van der Waals surface area contributed by atoms with Gasteiger partial charge < -0.3 is 52.1 Å². The van der Waals surface area contributed by atoms with Crippen LogP contribution in [0.4, 0.5) is 0 Å². The van der Waals surface area contributed by atoms with Gasteiger partial charge in [0.05, 0.1) is 79.7 Å². The van der Waals surface area contributed by atoms with Gasteiger partial charge in [0, 0.05) is 40.0 Å². The van der Waals surface area contributed by atoms with Gasteiger partial charge in [-0.2, -0.15) is 0 Å². The lowest BCUT2D eigenvalue weighted by atomic mass is 9.83. The van der Waals surface area contributed by atoms with Crippen molar-refractivity contribution in [1.29, 1.82) is 0 Å². The number of likely N-dealkylation sites (tertiary alicyclic amines) is 1. The van der Waals surface area contributed by atoms with Crippen LogP contribution in [0.3, 0.4) is 0 Å². The standard InChI is InChI=1S/C21H28BrNO8.C20H28BrNO9.C15H27BrO5/c1-20(2,11-21(3,22)19(27)30-10-9-28-4)18(26)29-8-7-23-16(24)14-12-5-6-13(31-12)15(14)17(23)25;1-19(2,13-20(3,21)18(27)31-10-9-28-4)17(26)30-12-11-29-16(25)7-8-22-14(23)5-6-15(22)24;1-6-7-8-20-12(17)14(2,3)11-15(4,16)13(18)21-10-9-19-5/h5-6,12-15H,7-11H2,1-4H3;5-6H,7-13H2,1-4H3;6-11H2,1-5H3/t12-,13+,14-,15+,21?;;. The van der Waals surface area contributed by atoms with Crippen LogP contribution in [0.25, 0.3) is 0 Å². The Morgan fingerprint density at radius 1 is 0.458 bits per heavy atom. The number of alkyl halides is 3. The monoisotopic (exact) mass is 1370 g/mol. The number of amides is 4. The van der Waals surface area contributed by atoms with Gasteiger partial charge in [-0.25, -0.2) is 0 Å². The number of hydrogen-bond donors (Lipinski definition) is 0. The minimum absolute atomic E-state index is 0.00341. The van der Waals surface area contributed by atoms with Gasteiger partial charge in [0.15, 0.2) is 0 Å². The number of carbonyl (C=O) groups is 11. The molecule has 7 atom stereocenters. The Balaban J connectivity index is 0.000000435. The van der Waals surface area contributed by atoms with Crippen LogP contribution in [0.2, 0.25) is 0 Å². The topological polar surface area (TPSA) is 296 Å². The Labute approximate surface area is 511 Å². The number of unbranched alkanes of at least 4 members (excludes halogenated alkanes) is 1. The summed E-state index contributed by atoms with van der Waals surface area (Å²) in [7, 11) is 4.53. The summed E-state index contributed by atoms with van der Waals surface area (Å²) in [4.78, 5) is 135. The normalized spacial score (nSPS) is 20.1. The number of esters is 7. The molecular formula is C56H83Br3N2O22. The molecule has 0 radical (unpaired) electrons. The van der Waals surface area contributed by atoms with E-state index in [0.717, 1.165) is 34.8 Å². The summed E-state index contributed by atoms with van der Waals surface area (Å²) in [6.45, 7) is 18.2. The second kappa shape index (κ2) is 33.9. The first-order chi connectivity index (χ1) is 38.6. The average Bonchev–Trinajstić information content (AvgIpc) is 4.39. The number of hydrogen-bond acceptors (Lipinski definition) is 22. The summed E-state index contributed by atoms with van der Waals surface area (Å²) in [6.07, 6.45) is 7.37. The molecule has 0 spiro atoms. The predicted octanol–water partition coefficient (Wildman–Crippen LogP) is 5.46. The van der Waals surface area contributed by atoms with Crippen molar-refractivity contribution >= 4 is 113 Å². The zero-order valence-corrected chi connectivity index (χ0v) is 54.6. The lowest BCUT2D eigenvalue weighted by molar-refractivity contribution is -0.161. The fourth-order valence-electron chi connectivity index (χ4n) is 8.95. The number of rotatable bonds is 33. The maximum atomic E-state index is 12.6. The van der Waals surface area contributed by atoms with E-state index in [2.05, 4.69) is 47.8 Å². The smallest absolute Gasteiger partial charge is 0.322 e. The van der Waals surface area contributed by atoms with E-state index in [1.165, 1.54) is 21.3 Å². The maximum Gasteiger partial charge on any atom is 0.322 e. The van der Waals surface area contributed by atoms with E-state index in [9.17, 15) is 52.7 Å². The Bertz CT molecular complexity index is 2270. The van der Waals surface area contributed by atoms with Crippen LogP contribution in [0.5, 0.6) is 0 Å². The highest BCUT2D eigenvalue weighted by atomic mass is 79.9. The second-order valence-corrected chi connectivity index (χ2v) is 27.6. The summed E-state index contributed by atoms with van der Waals surface area (Å²) in [5.41, 5.74) is -2.80. The van der Waals surface area contributed by atoms with E-state index in [0.29, 0.717) is 13.2 Å². The van der Waals surface area contributed by atoms with Gasteiger partial charge in [0.25, 0.3) is 11.8 Å². The summed E-state index contributed by atoms with van der Waals surface area (Å²) in [5.74, 6) is -5.95. The van der Waals surface area contributed by atoms with Gasteiger partial charge in [-0.15, -0.1) is 0 Å². The third kappa shape index (κ3) is 23.3. The van der Waals surface area contributed by atoms with Crippen molar-refractivity contribution in [2.75, 3.05) is 100 Å². The van der Waals surface area contributed by atoms with Crippen LogP contribution in [0, 0.1) is 28.1 Å². The third-order valence-electron chi connectivity index (χ3n) is 13.1. The lowest BCUT2D eigenvalue weighted by Crippen LogP contribution is -2.41. The van der Waals surface area contributed by atoms with Crippen LogP contribution < -0.4 is 0 Å². The van der Waals surface area contributed by atoms with Gasteiger partial charge in [0.1, 0.15) is 52.6 Å². The summed E-state index contributed by atoms with van der Waals surface area (Å²) in [5, 5.41) is 0. The minimum Gasteiger partial charge on any atom is -0.465 e. The third-order valence-corrected chi connectivity index (χ3v) is 14.9. The summed E-state index contributed by atoms with van der Waals surface area (Å²) < 4.78 is 53.0. The Morgan fingerprint density at radius 3 is 1.14 bits per heavy atom. The first kappa shape index (κ1) is 74.4. The minimum atomic E-state index is -1.10. The largest absolute Gasteiger partial charge is 0.465 e. The molecule has 27 heteroatoms. The fraction of sp³-hybridized carbons (Fsp3) is 0.732. The fourth-order valence-corrected chi connectivity index (χ4v) is 11.4.